The van der Waals surface area contributed by atoms with E-state index in [-0.39, 0.29) is 0 Å². The van der Waals surface area contributed by atoms with Gasteiger partial charge in [-0.1, -0.05) is 30.3 Å². The van der Waals surface area contributed by atoms with Crippen LogP contribution in [0.5, 0.6) is 0 Å². The molecule has 3 heteroatoms. The number of benzene rings is 1. The Hall–Kier alpha value is -2.16. The first-order valence-corrected chi connectivity index (χ1v) is 5.63. The van der Waals surface area contributed by atoms with Crippen molar-refractivity contribution in [3.05, 3.63) is 54.0 Å². The summed E-state index contributed by atoms with van der Waals surface area (Å²) in [5.74, 6) is 0.765. The Morgan fingerprint density at radius 2 is 1.71 bits per heavy atom. The molecule has 0 saturated carbocycles. The Labute approximate surface area is 99.8 Å². The highest BCUT2D eigenvalue weighted by atomic mass is 15.1. The summed E-state index contributed by atoms with van der Waals surface area (Å²) in [7, 11) is 0. The molecular weight excluding hydrogens is 210 g/mol. The SMILES string of the molecule is Cc1ccn2c(C)c(-c3ccccc3)nc2n1. The highest BCUT2D eigenvalue weighted by molar-refractivity contribution is 5.64. The molecule has 84 valence electrons. The minimum atomic E-state index is 0.765. The summed E-state index contributed by atoms with van der Waals surface area (Å²) in [5, 5.41) is 0. The molecular formula is C14H13N3. The van der Waals surface area contributed by atoms with Crippen LogP contribution < -0.4 is 0 Å². The molecule has 0 amide bonds. The summed E-state index contributed by atoms with van der Waals surface area (Å²) < 4.78 is 2.02. The fourth-order valence-electron chi connectivity index (χ4n) is 2.00. The Bertz CT molecular complexity index is 669. The predicted molar refractivity (Wildman–Crippen MR) is 67.9 cm³/mol. The lowest BCUT2D eigenvalue weighted by Gasteiger charge is -1.98. The zero-order valence-electron chi connectivity index (χ0n) is 9.88. The Balaban J connectivity index is 2.28. The van der Waals surface area contributed by atoms with Crippen LogP contribution in [0.4, 0.5) is 0 Å². The number of nitrogens with zero attached hydrogens (tertiary/aromatic N) is 3. The molecule has 0 aliphatic heterocycles. The first-order valence-electron chi connectivity index (χ1n) is 5.63. The quantitative estimate of drug-likeness (QED) is 0.634. The van der Waals surface area contributed by atoms with Crippen LogP contribution in [-0.4, -0.2) is 14.4 Å². The molecule has 0 spiro atoms. The van der Waals surface area contributed by atoms with Crippen molar-refractivity contribution in [3.63, 3.8) is 0 Å². The zero-order chi connectivity index (χ0) is 11.8. The second-order valence-corrected chi connectivity index (χ2v) is 4.15. The van der Waals surface area contributed by atoms with Crippen molar-refractivity contribution >= 4 is 5.78 Å². The molecule has 0 unspecified atom stereocenters. The molecule has 0 saturated heterocycles. The van der Waals surface area contributed by atoms with Gasteiger partial charge in [-0.05, 0) is 19.9 Å². The molecule has 3 nitrogen and oxygen atoms in total. The largest absolute Gasteiger partial charge is 0.288 e. The van der Waals surface area contributed by atoms with Gasteiger partial charge in [0.05, 0.1) is 5.69 Å². The van der Waals surface area contributed by atoms with Gasteiger partial charge in [0.2, 0.25) is 5.78 Å². The molecule has 0 aliphatic carbocycles. The molecule has 0 bridgehead atoms. The molecule has 1 aromatic carbocycles. The second-order valence-electron chi connectivity index (χ2n) is 4.15. The number of hydrogen-bond donors (Lipinski definition) is 0. The molecule has 3 rings (SSSR count). The third kappa shape index (κ3) is 1.60. The first-order chi connectivity index (χ1) is 8.25. The third-order valence-corrected chi connectivity index (χ3v) is 2.92. The van der Waals surface area contributed by atoms with Crippen LogP contribution in [0.25, 0.3) is 17.0 Å². The van der Waals surface area contributed by atoms with Gasteiger partial charge in [0.1, 0.15) is 0 Å². The van der Waals surface area contributed by atoms with Gasteiger partial charge in [0.25, 0.3) is 0 Å². The fourth-order valence-corrected chi connectivity index (χ4v) is 2.00. The van der Waals surface area contributed by atoms with E-state index >= 15 is 0 Å². The van der Waals surface area contributed by atoms with E-state index < -0.39 is 0 Å². The average molecular weight is 223 g/mol. The number of hydrogen-bond acceptors (Lipinski definition) is 2. The number of rotatable bonds is 1. The van der Waals surface area contributed by atoms with Gasteiger partial charge in [-0.3, -0.25) is 4.40 Å². The van der Waals surface area contributed by atoms with Crippen molar-refractivity contribution in [3.8, 4) is 11.3 Å². The molecule has 0 N–H and O–H groups in total. The van der Waals surface area contributed by atoms with E-state index in [1.165, 1.54) is 0 Å². The summed E-state index contributed by atoms with van der Waals surface area (Å²) in [4.78, 5) is 9.03. The summed E-state index contributed by atoms with van der Waals surface area (Å²) in [6.07, 6.45) is 2.02. The molecule has 0 fully saturated rings. The van der Waals surface area contributed by atoms with Crippen molar-refractivity contribution in [2.24, 2.45) is 0 Å². The second kappa shape index (κ2) is 3.70. The van der Waals surface area contributed by atoms with E-state index in [9.17, 15) is 0 Å². The number of imidazole rings is 1. The highest BCUT2D eigenvalue weighted by Gasteiger charge is 2.10. The lowest BCUT2D eigenvalue weighted by atomic mass is 10.1. The monoisotopic (exact) mass is 223 g/mol. The van der Waals surface area contributed by atoms with Crippen LogP contribution in [0.15, 0.2) is 42.6 Å². The predicted octanol–water partition coefficient (Wildman–Crippen LogP) is 3.01. The lowest BCUT2D eigenvalue weighted by molar-refractivity contribution is 1.04. The van der Waals surface area contributed by atoms with Gasteiger partial charge in [-0.25, -0.2) is 9.97 Å². The van der Waals surface area contributed by atoms with Gasteiger partial charge in [0.15, 0.2) is 0 Å². The topological polar surface area (TPSA) is 30.2 Å². The van der Waals surface area contributed by atoms with E-state index in [4.69, 9.17) is 0 Å². The Morgan fingerprint density at radius 3 is 2.47 bits per heavy atom. The Kier molecular flexibility index (Phi) is 2.18. The van der Waals surface area contributed by atoms with E-state index in [0.29, 0.717) is 0 Å². The van der Waals surface area contributed by atoms with Crippen molar-refractivity contribution in [1.29, 1.82) is 0 Å². The van der Waals surface area contributed by atoms with Gasteiger partial charge < -0.3 is 0 Å². The van der Waals surface area contributed by atoms with E-state index in [1.807, 2.05) is 41.8 Å². The van der Waals surface area contributed by atoms with Crippen LogP contribution in [0.1, 0.15) is 11.4 Å². The number of aromatic nitrogens is 3. The van der Waals surface area contributed by atoms with Gasteiger partial charge in [-0.2, -0.15) is 0 Å². The smallest absolute Gasteiger partial charge is 0.234 e. The summed E-state index contributed by atoms with van der Waals surface area (Å²) in [5.41, 5.74) is 4.25. The van der Waals surface area contributed by atoms with Crippen molar-refractivity contribution in [2.75, 3.05) is 0 Å². The summed E-state index contributed by atoms with van der Waals surface area (Å²) in [6.45, 7) is 4.05. The van der Waals surface area contributed by atoms with E-state index in [2.05, 4.69) is 29.0 Å². The maximum Gasteiger partial charge on any atom is 0.234 e. The highest BCUT2D eigenvalue weighted by Crippen LogP contribution is 2.22. The summed E-state index contributed by atoms with van der Waals surface area (Å²) >= 11 is 0. The average Bonchev–Trinajstić information content (AvgIpc) is 2.67. The first kappa shape index (κ1) is 10.0. The molecule has 3 aromatic rings. The Morgan fingerprint density at radius 1 is 0.941 bits per heavy atom. The van der Waals surface area contributed by atoms with Gasteiger partial charge in [0, 0.05) is 23.1 Å². The number of aryl methyl sites for hydroxylation is 2. The maximum absolute atomic E-state index is 4.60. The van der Waals surface area contributed by atoms with Gasteiger partial charge >= 0.3 is 0 Å². The standard InChI is InChI=1S/C14H13N3/c1-10-8-9-17-11(2)13(16-14(17)15-10)12-6-4-3-5-7-12/h3-9H,1-2H3. The molecule has 17 heavy (non-hydrogen) atoms. The normalized spacial score (nSPS) is 10.9. The zero-order valence-corrected chi connectivity index (χ0v) is 9.88. The van der Waals surface area contributed by atoms with Crippen LogP contribution >= 0.6 is 0 Å². The molecule has 2 aromatic heterocycles. The maximum atomic E-state index is 4.60. The van der Waals surface area contributed by atoms with Crippen LogP contribution in [-0.2, 0) is 0 Å². The van der Waals surface area contributed by atoms with E-state index in [1.54, 1.807) is 0 Å². The molecule has 0 radical (unpaired) electrons. The molecule has 0 atom stereocenters. The molecule has 0 aliphatic rings. The van der Waals surface area contributed by atoms with Crippen molar-refractivity contribution in [2.45, 2.75) is 13.8 Å². The lowest BCUT2D eigenvalue weighted by Crippen LogP contribution is -1.91. The van der Waals surface area contributed by atoms with Crippen LogP contribution in [0.2, 0.25) is 0 Å². The number of fused-ring (bicyclic) bond motifs is 1. The van der Waals surface area contributed by atoms with Crippen molar-refractivity contribution in [1.82, 2.24) is 14.4 Å². The van der Waals surface area contributed by atoms with Crippen LogP contribution in [0.3, 0.4) is 0 Å². The van der Waals surface area contributed by atoms with E-state index in [0.717, 1.165) is 28.4 Å². The van der Waals surface area contributed by atoms with Gasteiger partial charge in [-0.15, -0.1) is 0 Å². The minimum Gasteiger partial charge on any atom is -0.288 e. The minimum absolute atomic E-state index is 0.765. The molecule has 2 heterocycles. The summed E-state index contributed by atoms with van der Waals surface area (Å²) in [6, 6.07) is 12.2. The third-order valence-electron chi connectivity index (χ3n) is 2.92. The van der Waals surface area contributed by atoms with Crippen molar-refractivity contribution < 1.29 is 0 Å². The fraction of sp³-hybridized carbons (Fsp3) is 0.143. The van der Waals surface area contributed by atoms with Crippen LogP contribution in [0, 0.1) is 13.8 Å².